The van der Waals surface area contributed by atoms with Gasteiger partial charge in [-0.05, 0) is 48.9 Å². The molecule has 3 aromatic carbocycles. The molecule has 1 aromatic heterocycles. The van der Waals surface area contributed by atoms with Gasteiger partial charge in [-0.25, -0.2) is 9.14 Å². The summed E-state index contributed by atoms with van der Waals surface area (Å²) in [7, 11) is -1.23. The zero-order chi connectivity index (χ0) is 24.3. The number of rotatable bonds is 7. The number of fused-ring (bicyclic) bond motifs is 1. The van der Waals surface area contributed by atoms with E-state index in [0.29, 0.717) is 17.2 Å². The topological polar surface area (TPSA) is 48.6 Å². The lowest BCUT2D eigenvalue weighted by molar-refractivity contribution is 0.416. The fourth-order valence-corrected chi connectivity index (χ4v) is 7.28. The molecule has 0 unspecified atom stereocenters. The molecule has 0 spiro atoms. The van der Waals surface area contributed by atoms with Gasteiger partial charge in [-0.15, -0.1) is 0 Å². The highest BCUT2D eigenvalue weighted by Crippen LogP contribution is 2.63. The number of aryl methyl sites for hydroxylation is 1. The van der Waals surface area contributed by atoms with Gasteiger partial charge in [0.05, 0.1) is 12.6 Å². The molecule has 178 valence electrons. The van der Waals surface area contributed by atoms with E-state index in [1.165, 1.54) is 12.1 Å². The first kappa shape index (κ1) is 24.0. The van der Waals surface area contributed by atoms with Crippen LogP contribution >= 0.6 is 7.28 Å². The van der Waals surface area contributed by atoms with Crippen LogP contribution in [0.25, 0.3) is 10.9 Å². The van der Waals surface area contributed by atoms with Gasteiger partial charge in [-0.3, -0.25) is 4.68 Å². The Balaban J connectivity index is 2.14. The third-order valence-electron chi connectivity index (χ3n) is 5.63. The monoisotopic (exact) mass is 479 g/mol. The molecule has 0 aliphatic heterocycles. The normalized spacial score (nSPS) is 13.5. The molecule has 4 aromatic rings. The van der Waals surface area contributed by atoms with Gasteiger partial charge in [0.2, 0.25) is 0 Å². The quantitative estimate of drug-likeness (QED) is 0.257. The van der Waals surface area contributed by atoms with Gasteiger partial charge in [0, 0.05) is 17.1 Å². The van der Waals surface area contributed by atoms with Crippen LogP contribution in [-0.4, -0.2) is 22.0 Å². The predicted octanol–water partition coefficient (Wildman–Crippen LogP) is 7.54. The molecule has 1 atom stereocenters. The summed E-state index contributed by atoms with van der Waals surface area (Å²) in [5, 5.41) is 5.53. The summed E-state index contributed by atoms with van der Waals surface area (Å²) in [5.74, 6) is 0.927. The molecule has 0 amide bonds. The van der Waals surface area contributed by atoms with Gasteiger partial charge in [0.25, 0.3) is 0 Å². The minimum Gasteiger partial charge on any atom is -0.494 e. The first-order valence-corrected chi connectivity index (χ1v) is 13.1. The molecule has 0 radical (unpaired) electrons. The minimum absolute atomic E-state index is 0.310. The fraction of sp³-hybridized carbons (Fsp3) is 0.296. The maximum absolute atomic E-state index is 13.7. The molecular weight excluding hydrogens is 448 g/mol. The Kier molecular flexibility index (Phi) is 6.81. The number of nitrogens with zero attached hydrogens (tertiary/aromatic N) is 3. The SMILES string of the molecule is CCCn1nc2ccccc2c1[P@](=Nc1ccccc1OC)(Oc1ccc(F)cc1)C(C)(C)C. The molecule has 34 heavy (non-hydrogen) atoms. The second kappa shape index (κ2) is 9.63. The molecule has 7 heteroatoms. The first-order chi connectivity index (χ1) is 16.3. The van der Waals surface area contributed by atoms with E-state index in [1.54, 1.807) is 19.2 Å². The molecule has 0 saturated carbocycles. The second-order valence-corrected chi connectivity index (χ2v) is 12.4. The maximum atomic E-state index is 13.7. The van der Waals surface area contributed by atoms with E-state index in [4.69, 9.17) is 19.1 Å². The molecule has 5 nitrogen and oxygen atoms in total. The van der Waals surface area contributed by atoms with Crippen LogP contribution in [0.5, 0.6) is 11.5 Å². The lowest BCUT2D eigenvalue weighted by Crippen LogP contribution is -2.32. The molecule has 0 aliphatic rings. The summed E-state index contributed by atoms with van der Waals surface area (Å²) in [6, 6.07) is 22.0. The molecule has 4 rings (SSSR count). The van der Waals surface area contributed by atoms with Crippen LogP contribution in [0.3, 0.4) is 0 Å². The van der Waals surface area contributed by atoms with Crippen LogP contribution in [0, 0.1) is 5.82 Å². The summed E-state index contributed by atoms with van der Waals surface area (Å²) in [6.07, 6.45) is 0.913. The van der Waals surface area contributed by atoms with Crippen molar-refractivity contribution < 1.29 is 13.7 Å². The van der Waals surface area contributed by atoms with E-state index < -0.39 is 12.4 Å². The molecule has 0 fully saturated rings. The lowest BCUT2D eigenvalue weighted by atomic mass is 10.2. The van der Waals surface area contributed by atoms with E-state index in [9.17, 15) is 4.39 Å². The van der Waals surface area contributed by atoms with Crippen LogP contribution < -0.4 is 14.7 Å². The van der Waals surface area contributed by atoms with Gasteiger partial charge < -0.3 is 9.26 Å². The highest BCUT2D eigenvalue weighted by atomic mass is 31.2. The zero-order valence-electron chi connectivity index (χ0n) is 20.3. The average Bonchev–Trinajstić information content (AvgIpc) is 3.18. The zero-order valence-corrected chi connectivity index (χ0v) is 21.2. The summed E-state index contributed by atoms with van der Waals surface area (Å²) in [6.45, 7) is 9.28. The first-order valence-electron chi connectivity index (χ1n) is 11.5. The van der Waals surface area contributed by atoms with Crippen molar-refractivity contribution in [3.05, 3.63) is 78.6 Å². The number of ether oxygens (including phenoxy) is 1. The van der Waals surface area contributed by atoms with Crippen molar-refractivity contribution in [2.45, 2.75) is 45.8 Å². The van der Waals surface area contributed by atoms with E-state index in [-0.39, 0.29) is 5.82 Å². The lowest BCUT2D eigenvalue weighted by Gasteiger charge is -2.37. The van der Waals surface area contributed by atoms with Gasteiger partial charge in [0.15, 0.2) is 7.28 Å². The second-order valence-electron chi connectivity index (χ2n) is 9.13. The average molecular weight is 480 g/mol. The van der Waals surface area contributed by atoms with Crippen molar-refractivity contribution in [3.63, 3.8) is 0 Å². The molecule has 1 heterocycles. The Hall–Kier alpha value is -3.11. The van der Waals surface area contributed by atoms with E-state index >= 15 is 0 Å². The van der Waals surface area contributed by atoms with Gasteiger partial charge in [0.1, 0.15) is 28.4 Å². The number of halogens is 1. The highest BCUT2D eigenvalue weighted by Gasteiger charge is 2.43. The number of aromatic nitrogens is 2. The number of benzene rings is 3. The molecule has 0 N–H and O–H groups in total. The summed E-state index contributed by atoms with van der Waals surface area (Å²) in [5.41, 5.74) is 2.58. The van der Waals surface area contributed by atoms with Crippen LogP contribution in [0.4, 0.5) is 10.1 Å². The van der Waals surface area contributed by atoms with E-state index in [2.05, 4.69) is 33.8 Å². The predicted molar refractivity (Wildman–Crippen MR) is 138 cm³/mol. The number of hydrogen-bond donors (Lipinski definition) is 0. The largest absolute Gasteiger partial charge is 0.494 e. The minimum atomic E-state index is -2.87. The van der Waals surface area contributed by atoms with Crippen molar-refractivity contribution in [2.75, 3.05) is 7.11 Å². The van der Waals surface area contributed by atoms with Gasteiger partial charge in [-0.2, -0.15) is 5.10 Å². The van der Waals surface area contributed by atoms with Crippen molar-refractivity contribution in [3.8, 4) is 11.5 Å². The Morgan fingerprint density at radius 2 is 1.65 bits per heavy atom. The summed E-state index contributed by atoms with van der Waals surface area (Å²) >= 11 is 0. The third kappa shape index (κ3) is 4.47. The molecule has 0 saturated heterocycles. The maximum Gasteiger partial charge on any atom is 0.191 e. The fourth-order valence-electron chi connectivity index (χ4n) is 3.98. The number of methoxy groups -OCH3 is 1. The van der Waals surface area contributed by atoms with Crippen LogP contribution in [-0.2, 0) is 6.54 Å². The van der Waals surface area contributed by atoms with E-state index in [0.717, 1.165) is 29.3 Å². The van der Waals surface area contributed by atoms with Crippen molar-refractivity contribution in [2.24, 2.45) is 4.74 Å². The summed E-state index contributed by atoms with van der Waals surface area (Å²) in [4.78, 5) is 0. The van der Waals surface area contributed by atoms with Crippen molar-refractivity contribution >= 4 is 29.3 Å². The van der Waals surface area contributed by atoms with Gasteiger partial charge in [-0.1, -0.05) is 58.0 Å². The Morgan fingerprint density at radius 1 is 0.971 bits per heavy atom. The smallest absolute Gasteiger partial charge is 0.191 e. The Bertz CT molecular complexity index is 1340. The number of para-hydroxylation sites is 1. The number of hydrogen-bond acceptors (Lipinski definition) is 4. The highest BCUT2D eigenvalue weighted by molar-refractivity contribution is 7.71. The van der Waals surface area contributed by atoms with Crippen molar-refractivity contribution in [1.29, 1.82) is 0 Å². The van der Waals surface area contributed by atoms with Crippen molar-refractivity contribution in [1.82, 2.24) is 9.78 Å². The molecular formula is C27H31FN3O2P. The molecule has 0 bridgehead atoms. The summed E-state index contributed by atoms with van der Waals surface area (Å²) < 4.78 is 33.8. The third-order valence-corrected chi connectivity index (χ3v) is 9.47. The van der Waals surface area contributed by atoms with E-state index in [1.807, 2.05) is 47.1 Å². The molecule has 0 aliphatic carbocycles. The van der Waals surface area contributed by atoms with Crippen LogP contribution in [0.1, 0.15) is 34.1 Å². The van der Waals surface area contributed by atoms with Gasteiger partial charge >= 0.3 is 0 Å². The van der Waals surface area contributed by atoms with Crippen LogP contribution in [0.2, 0.25) is 0 Å². The van der Waals surface area contributed by atoms with Crippen LogP contribution in [0.15, 0.2) is 77.5 Å². The Morgan fingerprint density at radius 3 is 2.32 bits per heavy atom. The standard InChI is InChI=1S/C27H31FN3O2P/c1-6-19-31-26(22-11-7-8-12-23(22)29-31)34(27(2,3)4,33-21-17-15-20(28)16-18-21)30-24-13-9-10-14-25(24)32-5/h7-18H,6,19H2,1-5H3/t34-/m0/s1. The Labute approximate surface area is 200 Å².